The number of nitrogens with zero attached hydrogens (tertiary/aromatic N) is 4. The lowest BCUT2D eigenvalue weighted by Gasteiger charge is -2.20. The van der Waals surface area contributed by atoms with Gasteiger partial charge >= 0.3 is 5.97 Å². The van der Waals surface area contributed by atoms with Gasteiger partial charge in [-0.25, -0.2) is 19.7 Å². The summed E-state index contributed by atoms with van der Waals surface area (Å²) in [5.41, 5.74) is 3.04. The van der Waals surface area contributed by atoms with Crippen molar-refractivity contribution in [1.82, 2.24) is 19.5 Å². The Morgan fingerprint density at radius 3 is 2.55 bits per heavy atom. The van der Waals surface area contributed by atoms with Gasteiger partial charge in [0.2, 0.25) is 0 Å². The predicted molar refractivity (Wildman–Crippen MR) is 131 cm³/mol. The summed E-state index contributed by atoms with van der Waals surface area (Å²) in [5.74, 6) is -0.640. The fourth-order valence-electron chi connectivity index (χ4n) is 3.85. The molecule has 0 radical (unpaired) electrons. The van der Waals surface area contributed by atoms with Crippen LogP contribution in [0.15, 0.2) is 29.1 Å². The molecule has 0 amide bonds. The minimum absolute atomic E-state index is 0.0941. The maximum Gasteiger partial charge on any atom is 0.356 e. The SMILES string of the molecule is Cc1cc([C@@H](C)Nc2ccc(Cl)nc2C(=O)O)c2nc(-c3sc(C)nc3C)n(C)c(=O)c2c1. The van der Waals surface area contributed by atoms with Gasteiger partial charge in [0, 0.05) is 12.6 Å². The normalized spacial score (nSPS) is 12.2. The zero-order valence-electron chi connectivity index (χ0n) is 18.7. The number of anilines is 1. The van der Waals surface area contributed by atoms with Crippen molar-refractivity contribution in [3.05, 3.63) is 67.3 Å². The van der Waals surface area contributed by atoms with Gasteiger partial charge in [0.15, 0.2) is 11.5 Å². The van der Waals surface area contributed by atoms with E-state index in [1.165, 1.54) is 17.4 Å². The molecule has 0 saturated heterocycles. The van der Waals surface area contributed by atoms with Crippen LogP contribution >= 0.6 is 22.9 Å². The highest BCUT2D eigenvalue weighted by molar-refractivity contribution is 7.15. The van der Waals surface area contributed by atoms with Gasteiger partial charge in [0.05, 0.1) is 38.2 Å². The number of fused-ring (bicyclic) bond motifs is 1. The molecule has 4 aromatic rings. The van der Waals surface area contributed by atoms with Crippen molar-refractivity contribution < 1.29 is 9.90 Å². The Kier molecular flexibility index (Phi) is 5.94. The second kappa shape index (κ2) is 8.57. The number of carboxylic acids is 1. The molecular weight excluding hydrogens is 462 g/mol. The fraction of sp³-hybridized carbons (Fsp3) is 0.261. The van der Waals surface area contributed by atoms with Gasteiger partial charge in [-0.2, -0.15) is 0 Å². The fourth-order valence-corrected chi connectivity index (χ4v) is 4.94. The lowest BCUT2D eigenvalue weighted by Crippen LogP contribution is -2.22. The summed E-state index contributed by atoms with van der Waals surface area (Å²) < 4.78 is 1.55. The van der Waals surface area contributed by atoms with Gasteiger partial charge in [-0.1, -0.05) is 17.7 Å². The number of thiazole rings is 1. The molecule has 10 heteroatoms. The molecule has 0 aliphatic heterocycles. The third-order valence-electron chi connectivity index (χ3n) is 5.36. The largest absolute Gasteiger partial charge is 0.476 e. The third kappa shape index (κ3) is 4.21. The molecule has 4 rings (SSSR count). The van der Waals surface area contributed by atoms with Crippen molar-refractivity contribution in [3.8, 4) is 10.7 Å². The molecule has 1 aromatic carbocycles. The number of rotatable bonds is 5. The first-order valence-corrected chi connectivity index (χ1v) is 11.4. The highest BCUT2D eigenvalue weighted by Crippen LogP contribution is 2.32. The van der Waals surface area contributed by atoms with E-state index in [1.54, 1.807) is 17.7 Å². The molecule has 8 nitrogen and oxygen atoms in total. The van der Waals surface area contributed by atoms with Crippen molar-refractivity contribution in [1.29, 1.82) is 0 Å². The highest BCUT2D eigenvalue weighted by Gasteiger charge is 2.21. The molecule has 0 aliphatic rings. The topological polar surface area (TPSA) is 110 Å². The molecule has 0 fully saturated rings. The summed E-state index contributed by atoms with van der Waals surface area (Å²) in [6, 6.07) is 6.50. The van der Waals surface area contributed by atoms with Crippen LogP contribution in [-0.4, -0.2) is 30.6 Å². The van der Waals surface area contributed by atoms with E-state index in [0.717, 1.165) is 26.7 Å². The summed E-state index contributed by atoms with van der Waals surface area (Å²) in [7, 11) is 1.71. The van der Waals surface area contributed by atoms with E-state index in [2.05, 4.69) is 15.3 Å². The first kappa shape index (κ1) is 22.9. The number of aromatic carboxylic acids is 1. The molecule has 1 atom stereocenters. The van der Waals surface area contributed by atoms with Crippen molar-refractivity contribution in [2.24, 2.45) is 7.05 Å². The molecule has 3 heterocycles. The number of pyridine rings is 1. The van der Waals surface area contributed by atoms with Crippen molar-refractivity contribution in [2.45, 2.75) is 33.7 Å². The van der Waals surface area contributed by atoms with Crippen molar-refractivity contribution in [3.63, 3.8) is 0 Å². The smallest absolute Gasteiger partial charge is 0.356 e. The Morgan fingerprint density at radius 2 is 1.91 bits per heavy atom. The third-order valence-corrected chi connectivity index (χ3v) is 6.64. The number of hydrogen-bond acceptors (Lipinski definition) is 7. The van der Waals surface area contributed by atoms with E-state index < -0.39 is 5.97 Å². The maximum atomic E-state index is 13.3. The van der Waals surface area contributed by atoms with Gasteiger partial charge in [0.1, 0.15) is 5.15 Å². The minimum Gasteiger partial charge on any atom is -0.476 e. The summed E-state index contributed by atoms with van der Waals surface area (Å²) in [4.78, 5) is 39.1. The number of nitrogens with one attached hydrogen (secondary N) is 1. The summed E-state index contributed by atoms with van der Waals surface area (Å²) in [6.45, 7) is 7.61. The number of aryl methyl sites for hydroxylation is 3. The van der Waals surface area contributed by atoms with E-state index in [-0.39, 0.29) is 22.4 Å². The molecule has 0 spiro atoms. The average Bonchev–Trinajstić information content (AvgIpc) is 3.09. The van der Waals surface area contributed by atoms with Crippen LogP contribution in [0.25, 0.3) is 21.6 Å². The van der Waals surface area contributed by atoms with Crippen molar-refractivity contribution >= 4 is 45.5 Å². The lowest BCUT2D eigenvalue weighted by atomic mass is 10.0. The van der Waals surface area contributed by atoms with Crippen LogP contribution in [0.4, 0.5) is 5.69 Å². The molecule has 33 heavy (non-hydrogen) atoms. The molecule has 2 N–H and O–H groups in total. The Bertz CT molecular complexity index is 1480. The Balaban J connectivity index is 1.90. The number of halogens is 1. The van der Waals surface area contributed by atoms with E-state index in [0.29, 0.717) is 22.4 Å². The first-order valence-electron chi connectivity index (χ1n) is 10.2. The monoisotopic (exact) mass is 483 g/mol. The second-order valence-electron chi connectivity index (χ2n) is 7.90. The van der Waals surface area contributed by atoms with Gasteiger partial charge in [-0.05, 0) is 51.5 Å². The Morgan fingerprint density at radius 1 is 1.18 bits per heavy atom. The molecule has 170 valence electrons. The van der Waals surface area contributed by atoms with Gasteiger partial charge in [-0.15, -0.1) is 11.3 Å². The zero-order chi connectivity index (χ0) is 24.0. The quantitative estimate of drug-likeness (QED) is 0.388. The van der Waals surface area contributed by atoms with Gasteiger partial charge < -0.3 is 10.4 Å². The lowest BCUT2D eigenvalue weighted by molar-refractivity contribution is 0.0691. The zero-order valence-corrected chi connectivity index (χ0v) is 20.3. The Hall–Kier alpha value is -3.30. The summed E-state index contributed by atoms with van der Waals surface area (Å²) in [6.07, 6.45) is 0. The molecule has 0 aliphatic carbocycles. The van der Waals surface area contributed by atoms with Crippen molar-refractivity contribution in [2.75, 3.05) is 5.32 Å². The van der Waals surface area contributed by atoms with Crippen LogP contribution in [0, 0.1) is 20.8 Å². The number of carbonyl (C=O) groups is 1. The van der Waals surface area contributed by atoms with Crippen LogP contribution in [0.3, 0.4) is 0 Å². The van der Waals surface area contributed by atoms with Crippen LogP contribution in [0.2, 0.25) is 5.15 Å². The molecular formula is C23H22ClN5O3S. The van der Waals surface area contributed by atoms with E-state index in [1.807, 2.05) is 39.8 Å². The van der Waals surface area contributed by atoms with Crippen LogP contribution < -0.4 is 10.9 Å². The second-order valence-corrected chi connectivity index (χ2v) is 9.49. The number of aromatic nitrogens is 4. The first-order chi connectivity index (χ1) is 15.6. The van der Waals surface area contributed by atoms with Gasteiger partial charge in [0.25, 0.3) is 5.56 Å². The number of carboxylic acid groups (broad SMARTS) is 1. The van der Waals surface area contributed by atoms with E-state index >= 15 is 0 Å². The standard InChI is InChI=1S/C23H22ClN5O3S/c1-10-8-14(11(2)26-16-6-7-17(24)27-19(16)23(31)32)18-15(9-10)22(30)29(5)21(28-18)20-12(3)25-13(4)33-20/h6-9,11,26H,1-5H3,(H,31,32)/t11-/m1/s1. The maximum absolute atomic E-state index is 13.3. The molecule has 0 unspecified atom stereocenters. The van der Waals surface area contributed by atoms with E-state index in [9.17, 15) is 14.7 Å². The van der Waals surface area contributed by atoms with Gasteiger partial charge in [-0.3, -0.25) is 9.36 Å². The molecule has 0 saturated carbocycles. The Labute approximate surface area is 198 Å². The molecule has 3 aromatic heterocycles. The van der Waals surface area contributed by atoms with Crippen LogP contribution in [0.5, 0.6) is 0 Å². The minimum atomic E-state index is -1.19. The highest BCUT2D eigenvalue weighted by atomic mass is 35.5. The van der Waals surface area contributed by atoms with Crippen LogP contribution in [0.1, 0.15) is 45.3 Å². The van der Waals surface area contributed by atoms with E-state index in [4.69, 9.17) is 16.6 Å². The average molecular weight is 484 g/mol. The summed E-state index contributed by atoms with van der Waals surface area (Å²) in [5, 5.41) is 14.2. The number of benzene rings is 1. The number of hydrogen-bond donors (Lipinski definition) is 2. The molecule has 0 bridgehead atoms. The predicted octanol–water partition coefficient (Wildman–Crippen LogP) is 4.90. The summed E-state index contributed by atoms with van der Waals surface area (Å²) >= 11 is 7.37. The van der Waals surface area contributed by atoms with Crippen LogP contribution in [-0.2, 0) is 7.05 Å².